The van der Waals surface area contributed by atoms with E-state index >= 15 is 0 Å². The van der Waals surface area contributed by atoms with Gasteiger partial charge in [0.15, 0.2) is 0 Å². The van der Waals surface area contributed by atoms with Crippen LogP contribution in [0.5, 0.6) is 0 Å². The minimum absolute atomic E-state index is 0.0587. The second-order valence-electron chi connectivity index (χ2n) is 3.12. The first-order valence-corrected chi connectivity index (χ1v) is 5.32. The Morgan fingerprint density at radius 2 is 2.06 bits per heavy atom. The van der Waals surface area contributed by atoms with Crippen molar-refractivity contribution in [3.05, 3.63) is 30.3 Å². The molecule has 0 fully saturated rings. The molecule has 92 valence electrons. The smallest absolute Gasteiger partial charge is 0.327 e. The van der Waals surface area contributed by atoms with Crippen LogP contribution in [0.25, 0.3) is 0 Å². The van der Waals surface area contributed by atoms with Gasteiger partial charge >= 0.3 is 5.97 Å². The molecule has 1 rings (SSSR count). The van der Waals surface area contributed by atoms with Gasteiger partial charge in [-0.2, -0.15) is 0 Å². The van der Waals surface area contributed by atoms with Crippen LogP contribution in [0.1, 0.15) is 6.92 Å². The monoisotopic (exact) mass is 236 g/mol. The molecule has 0 unspecified atom stereocenters. The Balaban J connectivity index is 2.53. The number of nitrogens with one attached hydrogen (secondary N) is 1. The normalized spacial score (nSPS) is 10.8. The number of amidine groups is 1. The van der Waals surface area contributed by atoms with Crippen molar-refractivity contribution in [1.29, 1.82) is 0 Å². The lowest BCUT2D eigenvalue weighted by atomic mass is 10.3. The summed E-state index contributed by atoms with van der Waals surface area (Å²) in [5.41, 5.74) is 0.844. The Hall–Kier alpha value is -2.04. The number of ether oxygens (including phenoxy) is 2. The molecule has 1 N–H and O–H groups in total. The number of anilines is 1. The van der Waals surface area contributed by atoms with E-state index in [4.69, 9.17) is 9.47 Å². The maximum absolute atomic E-state index is 11.1. The molecule has 0 heterocycles. The van der Waals surface area contributed by atoms with Crippen LogP contribution in [0, 0.1) is 0 Å². The van der Waals surface area contributed by atoms with E-state index in [0.717, 1.165) is 5.69 Å². The number of carbonyl (C=O) groups excluding carboxylic acids is 1. The van der Waals surface area contributed by atoms with Crippen LogP contribution in [-0.2, 0) is 14.3 Å². The van der Waals surface area contributed by atoms with E-state index in [9.17, 15) is 4.79 Å². The molecule has 0 aromatic heterocycles. The number of carbonyl (C=O) groups is 1. The first-order valence-electron chi connectivity index (χ1n) is 5.32. The van der Waals surface area contributed by atoms with E-state index < -0.39 is 0 Å². The Kier molecular flexibility index (Phi) is 5.57. The molecule has 0 saturated carbocycles. The van der Waals surface area contributed by atoms with Crippen molar-refractivity contribution in [2.75, 3.05) is 25.6 Å². The largest absolute Gasteiger partial charge is 0.468 e. The summed E-state index contributed by atoms with van der Waals surface area (Å²) in [7, 11) is 1.49. The second-order valence-corrected chi connectivity index (χ2v) is 3.12. The van der Waals surface area contributed by atoms with Gasteiger partial charge < -0.3 is 14.8 Å². The van der Waals surface area contributed by atoms with Gasteiger partial charge in [-0.25, -0.2) is 4.99 Å². The summed E-state index contributed by atoms with van der Waals surface area (Å²) in [6, 6.07) is 9.72. The lowest BCUT2D eigenvalue weighted by Gasteiger charge is -2.07. The predicted molar refractivity (Wildman–Crippen MR) is 66.0 cm³/mol. The average molecular weight is 236 g/mol. The standard InChI is InChI=1S/C12H16N2O3/c1-3-17-11(15)9-13-12(16-2)14-10-7-5-4-6-8-10/h4-8H,3,9H2,1-2H3,(H,13,14). The SMILES string of the molecule is CCOC(=O)CN=C(Nc1ccccc1)OC. The Bertz CT molecular complexity index is 377. The van der Waals surface area contributed by atoms with Crippen LogP contribution >= 0.6 is 0 Å². The fourth-order valence-electron chi connectivity index (χ4n) is 1.14. The van der Waals surface area contributed by atoms with Gasteiger partial charge in [0.2, 0.25) is 0 Å². The van der Waals surface area contributed by atoms with Crippen LogP contribution in [0.3, 0.4) is 0 Å². The predicted octanol–water partition coefficient (Wildman–Crippen LogP) is 1.66. The van der Waals surface area contributed by atoms with Gasteiger partial charge in [0.05, 0.1) is 13.7 Å². The van der Waals surface area contributed by atoms with Gasteiger partial charge in [0, 0.05) is 5.69 Å². The van der Waals surface area contributed by atoms with E-state index in [1.54, 1.807) is 6.92 Å². The molecular formula is C12H16N2O3. The number of rotatable bonds is 4. The molecule has 0 atom stereocenters. The van der Waals surface area contributed by atoms with Gasteiger partial charge in [-0.3, -0.25) is 4.79 Å². The maximum atomic E-state index is 11.1. The third-order valence-corrected chi connectivity index (χ3v) is 1.88. The van der Waals surface area contributed by atoms with Crippen molar-refractivity contribution in [2.24, 2.45) is 4.99 Å². The zero-order chi connectivity index (χ0) is 12.5. The van der Waals surface area contributed by atoms with Gasteiger partial charge in [-0.1, -0.05) is 18.2 Å². The van der Waals surface area contributed by atoms with Gasteiger partial charge in [-0.15, -0.1) is 0 Å². The molecule has 0 aliphatic rings. The highest BCUT2D eigenvalue weighted by atomic mass is 16.5. The summed E-state index contributed by atoms with van der Waals surface area (Å²) in [6.45, 7) is 2.04. The molecule has 0 saturated heterocycles. The number of para-hydroxylation sites is 1. The summed E-state index contributed by atoms with van der Waals surface area (Å²) in [6.07, 6.45) is 0. The van der Waals surface area contributed by atoms with Crippen molar-refractivity contribution >= 4 is 17.7 Å². The van der Waals surface area contributed by atoms with Crippen LogP contribution < -0.4 is 5.32 Å². The molecule has 5 nitrogen and oxygen atoms in total. The molecule has 0 spiro atoms. The molecule has 1 aromatic rings. The number of benzene rings is 1. The van der Waals surface area contributed by atoms with Gasteiger partial charge in [-0.05, 0) is 19.1 Å². The first kappa shape index (κ1) is 13.0. The lowest BCUT2D eigenvalue weighted by Crippen LogP contribution is -2.17. The van der Waals surface area contributed by atoms with E-state index in [-0.39, 0.29) is 18.5 Å². The molecule has 0 radical (unpaired) electrons. The van der Waals surface area contributed by atoms with Crippen LogP contribution in [0.4, 0.5) is 5.69 Å². The third kappa shape index (κ3) is 5.01. The molecule has 0 aliphatic carbocycles. The highest BCUT2D eigenvalue weighted by Gasteiger charge is 2.03. The van der Waals surface area contributed by atoms with Crippen LogP contribution in [0.15, 0.2) is 35.3 Å². The van der Waals surface area contributed by atoms with Crippen LogP contribution in [0.2, 0.25) is 0 Å². The van der Waals surface area contributed by atoms with Gasteiger partial charge in [0.1, 0.15) is 6.54 Å². The minimum Gasteiger partial charge on any atom is -0.468 e. The van der Waals surface area contributed by atoms with E-state index in [1.807, 2.05) is 30.3 Å². The molecular weight excluding hydrogens is 220 g/mol. The summed E-state index contributed by atoms with van der Waals surface area (Å²) in [5.74, 6) is -0.378. The number of esters is 1. The zero-order valence-corrected chi connectivity index (χ0v) is 9.97. The topological polar surface area (TPSA) is 59.9 Å². The van der Waals surface area contributed by atoms with Crippen molar-refractivity contribution in [1.82, 2.24) is 0 Å². The number of aliphatic imine (C=N–C) groups is 1. The fraction of sp³-hybridized carbons (Fsp3) is 0.333. The summed E-state index contributed by atoms with van der Waals surface area (Å²) in [4.78, 5) is 15.1. The molecule has 0 amide bonds. The fourth-order valence-corrected chi connectivity index (χ4v) is 1.14. The molecule has 1 aromatic carbocycles. The second kappa shape index (κ2) is 7.27. The summed E-state index contributed by atoms with van der Waals surface area (Å²) in [5, 5.41) is 2.95. The minimum atomic E-state index is -0.378. The first-order chi connectivity index (χ1) is 8.26. The number of hydrogen-bond acceptors (Lipinski definition) is 4. The Morgan fingerprint density at radius 1 is 1.35 bits per heavy atom. The Labute approximate surface area is 100 Å². The highest BCUT2D eigenvalue weighted by molar-refractivity contribution is 5.90. The van der Waals surface area contributed by atoms with E-state index in [2.05, 4.69) is 10.3 Å². The number of nitrogens with zero attached hydrogens (tertiary/aromatic N) is 1. The zero-order valence-electron chi connectivity index (χ0n) is 9.97. The van der Waals surface area contributed by atoms with Crippen LogP contribution in [-0.4, -0.2) is 32.3 Å². The van der Waals surface area contributed by atoms with E-state index in [1.165, 1.54) is 7.11 Å². The van der Waals surface area contributed by atoms with Crippen molar-refractivity contribution in [2.45, 2.75) is 6.92 Å². The Morgan fingerprint density at radius 3 is 2.65 bits per heavy atom. The highest BCUT2D eigenvalue weighted by Crippen LogP contribution is 2.05. The van der Waals surface area contributed by atoms with Gasteiger partial charge in [0.25, 0.3) is 6.02 Å². The average Bonchev–Trinajstić information content (AvgIpc) is 2.36. The number of methoxy groups -OCH3 is 1. The number of hydrogen-bond donors (Lipinski definition) is 1. The molecule has 0 bridgehead atoms. The van der Waals surface area contributed by atoms with Crippen molar-refractivity contribution < 1.29 is 14.3 Å². The lowest BCUT2D eigenvalue weighted by molar-refractivity contribution is -0.141. The molecule has 17 heavy (non-hydrogen) atoms. The van der Waals surface area contributed by atoms with Crippen molar-refractivity contribution in [3.63, 3.8) is 0 Å². The molecule has 0 aliphatic heterocycles. The molecule has 5 heteroatoms. The maximum Gasteiger partial charge on any atom is 0.327 e. The third-order valence-electron chi connectivity index (χ3n) is 1.88. The van der Waals surface area contributed by atoms with Crippen molar-refractivity contribution in [3.8, 4) is 0 Å². The summed E-state index contributed by atoms with van der Waals surface area (Å²) < 4.78 is 9.77. The summed E-state index contributed by atoms with van der Waals surface area (Å²) >= 11 is 0. The quantitative estimate of drug-likeness (QED) is 0.490. The van der Waals surface area contributed by atoms with E-state index in [0.29, 0.717) is 6.61 Å².